The molecule has 1 fully saturated rings. The molecule has 1 aliphatic rings. The largest absolute Gasteiger partial charge is 0.497 e. The van der Waals surface area contributed by atoms with E-state index in [1.54, 1.807) is 33.4 Å². The normalized spacial score (nSPS) is 16.3. The van der Waals surface area contributed by atoms with Gasteiger partial charge in [0.25, 0.3) is 5.91 Å². The molecule has 30 heavy (non-hydrogen) atoms. The first-order chi connectivity index (χ1) is 14.6. The summed E-state index contributed by atoms with van der Waals surface area (Å²) < 4.78 is 15.8. The van der Waals surface area contributed by atoms with Gasteiger partial charge in [0, 0.05) is 63.2 Å². The molecule has 1 aromatic carbocycles. The molecule has 1 aromatic heterocycles. The van der Waals surface area contributed by atoms with Crippen molar-refractivity contribution in [3.05, 3.63) is 42.4 Å². The maximum Gasteiger partial charge on any atom is 0.287 e. The van der Waals surface area contributed by atoms with Crippen LogP contribution in [0.1, 0.15) is 17.0 Å². The number of benzene rings is 1. The van der Waals surface area contributed by atoms with E-state index in [2.05, 4.69) is 25.8 Å². The minimum atomic E-state index is -0.232. The van der Waals surface area contributed by atoms with Crippen LogP contribution in [-0.4, -0.2) is 65.4 Å². The topological polar surface area (TPSA) is 100 Å². The molecule has 1 atom stereocenters. The van der Waals surface area contributed by atoms with Gasteiger partial charge in [-0.25, -0.2) is 0 Å². The van der Waals surface area contributed by atoms with Gasteiger partial charge in [-0.1, -0.05) is 0 Å². The van der Waals surface area contributed by atoms with Crippen molar-refractivity contribution >= 4 is 17.6 Å². The van der Waals surface area contributed by atoms with Crippen molar-refractivity contribution in [3.63, 3.8) is 0 Å². The molecule has 9 heteroatoms. The molecule has 3 N–H and O–H groups in total. The van der Waals surface area contributed by atoms with Gasteiger partial charge in [-0.2, -0.15) is 0 Å². The lowest BCUT2D eigenvalue weighted by molar-refractivity contribution is 0.0926. The Balaban J connectivity index is 1.45. The second kappa shape index (κ2) is 10.4. The molecule has 1 unspecified atom stereocenters. The van der Waals surface area contributed by atoms with E-state index < -0.39 is 0 Å². The summed E-state index contributed by atoms with van der Waals surface area (Å²) in [5.41, 5.74) is 1.07. The summed E-state index contributed by atoms with van der Waals surface area (Å²) >= 11 is 0. The molecule has 9 nitrogen and oxygen atoms in total. The van der Waals surface area contributed by atoms with Gasteiger partial charge >= 0.3 is 0 Å². The fourth-order valence-electron chi connectivity index (χ4n) is 3.33. The first-order valence-electron chi connectivity index (χ1n) is 9.90. The van der Waals surface area contributed by atoms with Crippen LogP contribution in [0, 0.1) is 0 Å². The Kier molecular flexibility index (Phi) is 7.42. The highest BCUT2D eigenvalue weighted by Crippen LogP contribution is 2.30. The predicted molar refractivity (Wildman–Crippen MR) is 116 cm³/mol. The van der Waals surface area contributed by atoms with Gasteiger partial charge in [0.1, 0.15) is 11.5 Å². The van der Waals surface area contributed by atoms with E-state index in [1.807, 2.05) is 18.2 Å². The van der Waals surface area contributed by atoms with E-state index in [-0.39, 0.29) is 11.9 Å². The van der Waals surface area contributed by atoms with Crippen LogP contribution in [0.5, 0.6) is 11.5 Å². The quantitative estimate of drug-likeness (QED) is 0.341. The van der Waals surface area contributed by atoms with Gasteiger partial charge < -0.3 is 34.7 Å². The molecule has 1 aliphatic heterocycles. The van der Waals surface area contributed by atoms with Gasteiger partial charge in [0.05, 0.1) is 20.5 Å². The highest BCUT2D eigenvalue weighted by atomic mass is 16.5. The van der Waals surface area contributed by atoms with Gasteiger partial charge in [-0.3, -0.25) is 9.79 Å². The molecule has 1 saturated heterocycles. The fraction of sp³-hybridized carbons (Fsp3) is 0.429. The predicted octanol–water partition coefficient (Wildman–Crippen LogP) is 1.47. The summed E-state index contributed by atoms with van der Waals surface area (Å²) in [6.07, 6.45) is 2.46. The zero-order valence-corrected chi connectivity index (χ0v) is 17.6. The summed E-state index contributed by atoms with van der Waals surface area (Å²) in [5.74, 6) is 2.32. The summed E-state index contributed by atoms with van der Waals surface area (Å²) in [6.45, 7) is 2.77. The Labute approximate surface area is 176 Å². The minimum Gasteiger partial charge on any atom is -0.497 e. The maximum absolute atomic E-state index is 11.9. The van der Waals surface area contributed by atoms with Crippen LogP contribution in [0.15, 0.2) is 46.0 Å². The zero-order valence-electron chi connectivity index (χ0n) is 17.6. The Morgan fingerprint density at radius 1 is 1.20 bits per heavy atom. The maximum atomic E-state index is 11.9. The SMILES string of the molecule is CN=C(NCCNC(=O)c1ccco1)NC1CCN(c2cc(OC)cc(OC)c2)C1. The number of nitrogens with zero attached hydrogens (tertiary/aromatic N) is 2. The first kappa shape index (κ1) is 21.4. The summed E-state index contributed by atoms with van der Waals surface area (Å²) in [4.78, 5) is 18.4. The monoisotopic (exact) mass is 415 g/mol. The van der Waals surface area contributed by atoms with Crippen LogP contribution < -0.4 is 30.3 Å². The number of hydrogen-bond acceptors (Lipinski definition) is 6. The molecule has 3 rings (SSSR count). The highest BCUT2D eigenvalue weighted by molar-refractivity contribution is 5.91. The molecule has 0 bridgehead atoms. The van der Waals surface area contributed by atoms with Crippen molar-refractivity contribution in [1.29, 1.82) is 0 Å². The lowest BCUT2D eigenvalue weighted by Crippen LogP contribution is -2.46. The lowest BCUT2D eigenvalue weighted by atomic mass is 10.2. The van der Waals surface area contributed by atoms with Crippen molar-refractivity contribution in [2.75, 3.05) is 52.3 Å². The van der Waals surface area contributed by atoms with Crippen LogP contribution in [0.2, 0.25) is 0 Å². The smallest absolute Gasteiger partial charge is 0.287 e. The average molecular weight is 415 g/mol. The number of furan rings is 1. The van der Waals surface area contributed by atoms with Crippen LogP contribution in [0.25, 0.3) is 0 Å². The molecule has 0 aliphatic carbocycles. The molecular formula is C21H29N5O4. The zero-order chi connectivity index (χ0) is 21.3. The van der Waals surface area contributed by atoms with E-state index in [0.717, 1.165) is 36.7 Å². The number of amides is 1. The number of anilines is 1. The van der Waals surface area contributed by atoms with Crippen LogP contribution >= 0.6 is 0 Å². The van der Waals surface area contributed by atoms with E-state index >= 15 is 0 Å². The van der Waals surface area contributed by atoms with Crippen LogP contribution in [-0.2, 0) is 0 Å². The lowest BCUT2D eigenvalue weighted by Gasteiger charge is -2.21. The molecule has 162 valence electrons. The fourth-order valence-corrected chi connectivity index (χ4v) is 3.33. The number of hydrogen-bond donors (Lipinski definition) is 3. The average Bonchev–Trinajstić information content (AvgIpc) is 3.47. The number of methoxy groups -OCH3 is 2. The number of carbonyl (C=O) groups excluding carboxylic acids is 1. The molecule has 0 spiro atoms. The van der Waals surface area contributed by atoms with Crippen molar-refractivity contribution in [2.45, 2.75) is 12.5 Å². The minimum absolute atomic E-state index is 0.232. The van der Waals surface area contributed by atoms with E-state index in [0.29, 0.717) is 24.8 Å². The first-order valence-corrected chi connectivity index (χ1v) is 9.90. The van der Waals surface area contributed by atoms with Crippen molar-refractivity contribution in [1.82, 2.24) is 16.0 Å². The standard InChI is InChI=1S/C21H29N5O4/c1-22-21(24-8-7-23-20(27)19-5-4-10-30-19)25-15-6-9-26(14-15)16-11-17(28-2)13-18(12-16)29-3/h4-5,10-13,15H,6-9,14H2,1-3H3,(H,23,27)(H2,22,24,25). The second-order valence-electron chi connectivity index (χ2n) is 6.88. The third-order valence-corrected chi connectivity index (χ3v) is 4.90. The van der Waals surface area contributed by atoms with E-state index in [4.69, 9.17) is 13.9 Å². The summed E-state index contributed by atoms with van der Waals surface area (Å²) in [7, 11) is 5.04. The van der Waals surface area contributed by atoms with Crippen LogP contribution in [0.4, 0.5) is 5.69 Å². The number of aliphatic imine (C=N–C) groups is 1. The Morgan fingerprint density at radius 3 is 2.57 bits per heavy atom. The summed E-state index contributed by atoms with van der Waals surface area (Å²) in [5, 5.41) is 9.46. The van der Waals surface area contributed by atoms with Crippen molar-refractivity contribution in [2.24, 2.45) is 4.99 Å². The van der Waals surface area contributed by atoms with Gasteiger partial charge in [-0.05, 0) is 18.6 Å². The highest BCUT2D eigenvalue weighted by Gasteiger charge is 2.24. The van der Waals surface area contributed by atoms with Gasteiger partial charge in [0.15, 0.2) is 11.7 Å². The molecule has 2 heterocycles. The summed E-state index contributed by atoms with van der Waals surface area (Å²) in [6, 6.07) is 9.47. The third kappa shape index (κ3) is 5.59. The molecule has 0 radical (unpaired) electrons. The van der Waals surface area contributed by atoms with E-state index in [9.17, 15) is 4.79 Å². The number of ether oxygens (including phenoxy) is 2. The number of rotatable bonds is 8. The second-order valence-corrected chi connectivity index (χ2v) is 6.88. The molecule has 1 amide bonds. The Hall–Kier alpha value is -3.36. The van der Waals surface area contributed by atoms with Crippen LogP contribution in [0.3, 0.4) is 0 Å². The number of nitrogens with one attached hydrogen (secondary N) is 3. The van der Waals surface area contributed by atoms with Gasteiger partial charge in [-0.15, -0.1) is 0 Å². The van der Waals surface area contributed by atoms with Crippen molar-refractivity contribution in [3.8, 4) is 11.5 Å². The third-order valence-electron chi connectivity index (χ3n) is 4.90. The van der Waals surface area contributed by atoms with Gasteiger partial charge in [0.2, 0.25) is 0 Å². The van der Waals surface area contributed by atoms with Crippen molar-refractivity contribution < 1.29 is 18.7 Å². The Bertz CT molecular complexity index is 831. The molecule has 2 aromatic rings. The number of carbonyl (C=O) groups is 1. The van der Waals surface area contributed by atoms with E-state index in [1.165, 1.54) is 6.26 Å². The number of guanidine groups is 1. The molecule has 0 saturated carbocycles. The Morgan fingerprint density at radius 2 is 1.93 bits per heavy atom. The molecular weight excluding hydrogens is 386 g/mol.